The number of rotatable bonds is 3. The standard InChI is InChI=1S/C9H11FOS/c1-7(6-11)8-2-4-9(12-10)5-3-8/h2-5,7,11H,6H2,1H3. The lowest BCUT2D eigenvalue weighted by Gasteiger charge is -2.07. The Morgan fingerprint density at radius 3 is 2.42 bits per heavy atom. The molecule has 0 saturated heterocycles. The normalized spacial score (nSPS) is 12.9. The predicted octanol–water partition coefficient (Wildman–Crippen LogP) is 2.76. The van der Waals surface area contributed by atoms with Crippen molar-refractivity contribution in [3.8, 4) is 0 Å². The number of aliphatic hydroxyl groups is 1. The minimum Gasteiger partial charge on any atom is -0.396 e. The van der Waals surface area contributed by atoms with Crippen molar-refractivity contribution in [2.45, 2.75) is 17.7 Å². The van der Waals surface area contributed by atoms with Gasteiger partial charge in [-0.25, -0.2) is 0 Å². The topological polar surface area (TPSA) is 20.2 Å². The number of hydrogen-bond acceptors (Lipinski definition) is 2. The molecular formula is C9H11FOS. The van der Waals surface area contributed by atoms with E-state index in [1.807, 2.05) is 19.1 Å². The summed E-state index contributed by atoms with van der Waals surface area (Å²) >= 11 is 0.234. The first-order chi connectivity index (χ1) is 5.77. The summed E-state index contributed by atoms with van der Waals surface area (Å²) in [6, 6.07) is 7.10. The molecule has 0 aromatic heterocycles. The highest BCUT2D eigenvalue weighted by Gasteiger charge is 2.02. The van der Waals surface area contributed by atoms with Gasteiger partial charge in [0.15, 0.2) is 0 Å². The summed E-state index contributed by atoms with van der Waals surface area (Å²) in [5.74, 6) is 0.128. The molecule has 0 heterocycles. The second-order valence-corrected chi connectivity index (χ2v) is 3.36. The molecule has 12 heavy (non-hydrogen) atoms. The van der Waals surface area contributed by atoms with Crippen LogP contribution in [0.25, 0.3) is 0 Å². The van der Waals surface area contributed by atoms with E-state index in [9.17, 15) is 3.89 Å². The molecule has 1 aromatic carbocycles. The first-order valence-corrected chi connectivity index (χ1v) is 4.49. The maximum absolute atomic E-state index is 12.0. The van der Waals surface area contributed by atoms with Crippen molar-refractivity contribution in [1.29, 1.82) is 0 Å². The van der Waals surface area contributed by atoms with Crippen LogP contribution in [0.5, 0.6) is 0 Å². The molecule has 3 heteroatoms. The summed E-state index contributed by atoms with van der Waals surface area (Å²) < 4.78 is 12.0. The summed E-state index contributed by atoms with van der Waals surface area (Å²) in [5, 5.41) is 8.84. The Hall–Kier alpha value is -0.540. The minimum atomic E-state index is 0.127. The smallest absolute Gasteiger partial charge is 0.0812 e. The molecule has 0 bridgehead atoms. The van der Waals surface area contributed by atoms with E-state index in [0.29, 0.717) is 4.90 Å². The lowest BCUT2D eigenvalue weighted by molar-refractivity contribution is 0.273. The van der Waals surface area contributed by atoms with Gasteiger partial charge in [-0.1, -0.05) is 19.1 Å². The first kappa shape index (κ1) is 9.55. The van der Waals surface area contributed by atoms with Crippen LogP contribution in [0.3, 0.4) is 0 Å². The number of hydrogen-bond donors (Lipinski definition) is 1. The monoisotopic (exact) mass is 186 g/mol. The molecule has 0 radical (unpaired) electrons. The van der Waals surface area contributed by atoms with Crippen LogP contribution in [0.15, 0.2) is 29.2 Å². The molecule has 0 aliphatic heterocycles. The second kappa shape index (κ2) is 4.48. The van der Waals surface area contributed by atoms with Crippen LogP contribution in [0.2, 0.25) is 0 Å². The molecule has 0 fully saturated rings. The first-order valence-electron chi connectivity index (χ1n) is 3.77. The Labute approximate surface area is 75.9 Å². The van der Waals surface area contributed by atoms with Crippen LogP contribution >= 0.6 is 12.1 Å². The van der Waals surface area contributed by atoms with Gasteiger partial charge < -0.3 is 5.11 Å². The van der Waals surface area contributed by atoms with Crippen LogP contribution in [0.1, 0.15) is 18.4 Å². The SMILES string of the molecule is CC(CO)c1ccc(SF)cc1. The summed E-state index contributed by atoms with van der Waals surface area (Å²) in [5.41, 5.74) is 1.04. The van der Waals surface area contributed by atoms with Crippen molar-refractivity contribution in [3.05, 3.63) is 29.8 Å². The molecule has 1 atom stereocenters. The zero-order valence-corrected chi connectivity index (χ0v) is 7.64. The Balaban J connectivity index is 2.77. The molecule has 0 saturated carbocycles. The van der Waals surface area contributed by atoms with Crippen LogP contribution in [-0.4, -0.2) is 11.7 Å². The van der Waals surface area contributed by atoms with Gasteiger partial charge in [0.25, 0.3) is 0 Å². The maximum Gasteiger partial charge on any atom is 0.0812 e. The van der Waals surface area contributed by atoms with Gasteiger partial charge in [-0.05, 0) is 17.7 Å². The van der Waals surface area contributed by atoms with Gasteiger partial charge in [0, 0.05) is 17.4 Å². The number of aliphatic hydroxyl groups excluding tert-OH is 1. The molecule has 1 unspecified atom stereocenters. The Morgan fingerprint density at radius 2 is 2.00 bits per heavy atom. The van der Waals surface area contributed by atoms with Gasteiger partial charge in [-0.3, -0.25) is 0 Å². The highest BCUT2D eigenvalue weighted by molar-refractivity contribution is 7.94. The van der Waals surface area contributed by atoms with E-state index in [4.69, 9.17) is 5.11 Å². The van der Waals surface area contributed by atoms with Crippen molar-refractivity contribution in [1.82, 2.24) is 0 Å². The number of benzene rings is 1. The highest BCUT2D eigenvalue weighted by atomic mass is 32.2. The van der Waals surface area contributed by atoms with Gasteiger partial charge in [-0.15, -0.1) is 0 Å². The average molecular weight is 186 g/mol. The fraction of sp³-hybridized carbons (Fsp3) is 0.333. The van der Waals surface area contributed by atoms with E-state index in [1.165, 1.54) is 0 Å². The summed E-state index contributed by atoms with van der Waals surface area (Å²) in [7, 11) is 0. The van der Waals surface area contributed by atoms with Crippen LogP contribution in [0.4, 0.5) is 3.89 Å². The fourth-order valence-corrected chi connectivity index (χ4v) is 1.19. The van der Waals surface area contributed by atoms with Gasteiger partial charge in [0.05, 0.1) is 12.1 Å². The van der Waals surface area contributed by atoms with E-state index in [1.54, 1.807) is 12.1 Å². The van der Waals surface area contributed by atoms with Crippen LogP contribution < -0.4 is 0 Å². The lowest BCUT2D eigenvalue weighted by Crippen LogP contribution is -1.97. The van der Waals surface area contributed by atoms with Crippen molar-refractivity contribution in [3.63, 3.8) is 0 Å². The number of halogens is 1. The highest BCUT2D eigenvalue weighted by Crippen LogP contribution is 2.21. The molecule has 1 N–H and O–H groups in total. The van der Waals surface area contributed by atoms with Gasteiger partial charge >= 0.3 is 0 Å². The molecule has 0 amide bonds. The van der Waals surface area contributed by atoms with Gasteiger partial charge in [0.1, 0.15) is 0 Å². The average Bonchev–Trinajstić information content (AvgIpc) is 2.17. The molecule has 0 aliphatic rings. The summed E-state index contributed by atoms with van der Waals surface area (Å²) in [4.78, 5) is 0.601. The zero-order chi connectivity index (χ0) is 8.97. The van der Waals surface area contributed by atoms with Crippen molar-refractivity contribution in [2.24, 2.45) is 0 Å². The van der Waals surface area contributed by atoms with Crippen molar-refractivity contribution < 1.29 is 8.99 Å². The van der Waals surface area contributed by atoms with E-state index in [0.717, 1.165) is 5.56 Å². The van der Waals surface area contributed by atoms with Crippen LogP contribution in [-0.2, 0) is 0 Å². The van der Waals surface area contributed by atoms with Crippen molar-refractivity contribution in [2.75, 3.05) is 6.61 Å². The predicted molar refractivity (Wildman–Crippen MR) is 48.9 cm³/mol. The third kappa shape index (κ3) is 2.22. The largest absolute Gasteiger partial charge is 0.396 e. The van der Waals surface area contributed by atoms with E-state index >= 15 is 0 Å². The Kier molecular flexibility index (Phi) is 3.56. The minimum absolute atomic E-state index is 0.127. The van der Waals surface area contributed by atoms with Gasteiger partial charge in [0.2, 0.25) is 0 Å². The van der Waals surface area contributed by atoms with Gasteiger partial charge in [-0.2, -0.15) is 3.89 Å². The molecule has 0 spiro atoms. The molecular weight excluding hydrogens is 175 g/mol. The molecule has 1 rings (SSSR count). The van der Waals surface area contributed by atoms with E-state index < -0.39 is 0 Å². The Morgan fingerprint density at radius 1 is 1.42 bits per heavy atom. The maximum atomic E-state index is 12.0. The molecule has 1 aromatic rings. The molecule has 66 valence electrons. The molecule has 1 nitrogen and oxygen atoms in total. The molecule has 0 aliphatic carbocycles. The van der Waals surface area contributed by atoms with Crippen LogP contribution in [0, 0.1) is 0 Å². The summed E-state index contributed by atoms with van der Waals surface area (Å²) in [6.07, 6.45) is 0. The van der Waals surface area contributed by atoms with Crippen molar-refractivity contribution >= 4 is 12.1 Å². The fourth-order valence-electron chi connectivity index (χ4n) is 0.953. The Bertz CT molecular complexity index is 235. The zero-order valence-electron chi connectivity index (χ0n) is 6.83. The third-order valence-corrected chi connectivity index (χ3v) is 2.26. The van der Waals surface area contributed by atoms with E-state index in [-0.39, 0.29) is 24.7 Å². The summed E-state index contributed by atoms with van der Waals surface area (Å²) in [6.45, 7) is 2.06. The quantitative estimate of drug-likeness (QED) is 0.783. The van der Waals surface area contributed by atoms with E-state index in [2.05, 4.69) is 0 Å². The second-order valence-electron chi connectivity index (χ2n) is 2.73. The third-order valence-electron chi connectivity index (χ3n) is 1.81. The lowest BCUT2D eigenvalue weighted by atomic mass is 10.0.